The first-order valence-electron chi connectivity index (χ1n) is 9.95. The van der Waals surface area contributed by atoms with E-state index in [0.717, 1.165) is 44.0 Å². The van der Waals surface area contributed by atoms with E-state index in [1.807, 2.05) is 36.2 Å². The third-order valence-corrected chi connectivity index (χ3v) is 6.08. The molecule has 1 saturated heterocycles. The lowest BCUT2D eigenvalue weighted by Gasteiger charge is -2.35. The third kappa shape index (κ3) is 6.09. The lowest BCUT2D eigenvalue weighted by atomic mass is 10.2. The minimum absolute atomic E-state index is 0.0602. The molecule has 0 aromatic heterocycles. The molecule has 0 atom stereocenters. The molecular formula is C22H28Cl2N4O. The van der Waals surface area contributed by atoms with Crippen LogP contribution in [-0.2, 0) is 11.3 Å². The highest BCUT2D eigenvalue weighted by atomic mass is 35.5. The van der Waals surface area contributed by atoms with Gasteiger partial charge in [0.05, 0.1) is 16.6 Å². The minimum Gasteiger partial charge on any atom is -0.369 e. The van der Waals surface area contributed by atoms with Crippen LogP contribution in [0, 0.1) is 0 Å². The first-order valence-corrected chi connectivity index (χ1v) is 10.7. The van der Waals surface area contributed by atoms with Crippen molar-refractivity contribution in [1.82, 2.24) is 9.80 Å². The summed E-state index contributed by atoms with van der Waals surface area (Å²) >= 11 is 12.3. The molecule has 156 valence electrons. The smallest absolute Gasteiger partial charge is 0.238 e. The van der Waals surface area contributed by atoms with Gasteiger partial charge in [0.1, 0.15) is 0 Å². The first kappa shape index (κ1) is 21.9. The van der Waals surface area contributed by atoms with Crippen LogP contribution >= 0.6 is 23.2 Å². The predicted molar refractivity (Wildman–Crippen MR) is 122 cm³/mol. The maximum atomic E-state index is 12.4. The maximum absolute atomic E-state index is 12.4. The number of anilines is 2. The van der Waals surface area contributed by atoms with Crippen molar-refractivity contribution < 1.29 is 4.79 Å². The molecule has 7 heteroatoms. The minimum atomic E-state index is -0.0602. The zero-order chi connectivity index (χ0) is 20.8. The number of carbonyl (C=O) groups excluding carboxylic acids is 1. The van der Waals surface area contributed by atoms with Crippen molar-refractivity contribution in [2.45, 2.75) is 13.5 Å². The van der Waals surface area contributed by atoms with Crippen LogP contribution in [0.1, 0.15) is 12.5 Å². The molecule has 2 aromatic carbocycles. The van der Waals surface area contributed by atoms with Crippen LogP contribution in [0.2, 0.25) is 10.0 Å². The van der Waals surface area contributed by atoms with Crippen molar-refractivity contribution in [1.29, 1.82) is 0 Å². The fraction of sp³-hybridized carbons (Fsp3) is 0.409. The first-order chi connectivity index (χ1) is 14.0. The number of likely N-dealkylation sites (N-methyl/N-ethyl adjacent to an activating group) is 2. The number of halogens is 2. The second-order valence-corrected chi connectivity index (χ2v) is 8.19. The van der Waals surface area contributed by atoms with Crippen LogP contribution in [-0.4, -0.2) is 62.0 Å². The summed E-state index contributed by atoms with van der Waals surface area (Å²) in [5.74, 6) is -0.0602. The van der Waals surface area contributed by atoms with Gasteiger partial charge in [0, 0.05) is 44.1 Å². The van der Waals surface area contributed by atoms with Gasteiger partial charge in [0.25, 0.3) is 0 Å². The summed E-state index contributed by atoms with van der Waals surface area (Å²) in [6, 6.07) is 13.6. The standard InChI is InChI=1S/C22H28Cl2N4O/c1-3-27-11-13-28(14-12-27)19-9-7-18(8-10-19)25-21(29)16-26(2)15-17-5-4-6-20(23)22(17)24/h4-10H,3,11-16H2,1-2H3,(H,25,29). The topological polar surface area (TPSA) is 38.8 Å². The molecule has 1 aliphatic rings. The number of hydrogen-bond acceptors (Lipinski definition) is 4. The monoisotopic (exact) mass is 434 g/mol. The van der Waals surface area contributed by atoms with Gasteiger partial charge in [0.2, 0.25) is 5.91 Å². The fourth-order valence-electron chi connectivity index (χ4n) is 3.54. The molecule has 1 aliphatic heterocycles. The average molecular weight is 435 g/mol. The predicted octanol–water partition coefficient (Wildman–Crippen LogP) is 4.21. The van der Waals surface area contributed by atoms with E-state index >= 15 is 0 Å². The Morgan fingerprint density at radius 2 is 1.76 bits per heavy atom. The summed E-state index contributed by atoms with van der Waals surface area (Å²) in [6.07, 6.45) is 0. The van der Waals surface area contributed by atoms with Crippen molar-refractivity contribution in [3.05, 3.63) is 58.1 Å². The molecule has 29 heavy (non-hydrogen) atoms. The number of benzene rings is 2. The Bertz CT molecular complexity index is 820. The number of piperazine rings is 1. The van der Waals surface area contributed by atoms with E-state index in [2.05, 4.69) is 34.2 Å². The number of amides is 1. The number of rotatable bonds is 7. The van der Waals surface area contributed by atoms with Crippen LogP contribution in [0.4, 0.5) is 11.4 Å². The molecule has 5 nitrogen and oxygen atoms in total. The average Bonchev–Trinajstić information content (AvgIpc) is 2.72. The molecule has 1 amide bonds. The number of nitrogens with zero attached hydrogens (tertiary/aromatic N) is 3. The highest BCUT2D eigenvalue weighted by Crippen LogP contribution is 2.26. The van der Waals surface area contributed by atoms with E-state index in [0.29, 0.717) is 16.6 Å². The second-order valence-electron chi connectivity index (χ2n) is 7.40. The number of carbonyl (C=O) groups is 1. The van der Waals surface area contributed by atoms with Crippen LogP contribution in [0.15, 0.2) is 42.5 Å². The molecule has 0 unspecified atom stereocenters. The van der Waals surface area contributed by atoms with Gasteiger partial charge in [-0.2, -0.15) is 0 Å². The van der Waals surface area contributed by atoms with Crippen LogP contribution in [0.5, 0.6) is 0 Å². The van der Waals surface area contributed by atoms with Crippen molar-refractivity contribution in [3.8, 4) is 0 Å². The van der Waals surface area contributed by atoms with E-state index in [-0.39, 0.29) is 12.5 Å². The lowest BCUT2D eigenvalue weighted by molar-refractivity contribution is -0.117. The van der Waals surface area contributed by atoms with Gasteiger partial charge in [-0.05, 0) is 49.5 Å². The van der Waals surface area contributed by atoms with Gasteiger partial charge < -0.3 is 15.1 Å². The van der Waals surface area contributed by atoms with Crippen molar-refractivity contribution in [2.24, 2.45) is 0 Å². The Balaban J connectivity index is 1.49. The fourth-order valence-corrected chi connectivity index (χ4v) is 3.92. The molecule has 1 fully saturated rings. The molecule has 0 spiro atoms. The summed E-state index contributed by atoms with van der Waals surface area (Å²) in [5, 5.41) is 4.03. The number of hydrogen-bond donors (Lipinski definition) is 1. The van der Waals surface area contributed by atoms with Crippen molar-refractivity contribution >= 4 is 40.5 Å². The molecule has 0 aliphatic carbocycles. The van der Waals surface area contributed by atoms with Gasteiger partial charge in [-0.1, -0.05) is 42.3 Å². The summed E-state index contributed by atoms with van der Waals surface area (Å²) in [6.45, 7) is 8.40. The molecule has 3 rings (SSSR count). The van der Waals surface area contributed by atoms with Crippen molar-refractivity contribution in [3.63, 3.8) is 0 Å². The summed E-state index contributed by atoms with van der Waals surface area (Å²) in [7, 11) is 1.88. The van der Waals surface area contributed by atoms with Crippen LogP contribution < -0.4 is 10.2 Å². The van der Waals surface area contributed by atoms with E-state index in [4.69, 9.17) is 23.2 Å². The van der Waals surface area contributed by atoms with Crippen molar-refractivity contribution in [2.75, 3.05) is 56.5 Å². The largest absolute Gasteiger partial charge is 0.369 e. The molecule has 1 N–H and O–H groups in total. The van der Waals surface area contributed by atoms with Crippen LogP contribution in [0.3, 0.4) is 0 Å². The maximum Gasteiger partial charge on any atom is 0.238 e. The zero-order valence-corrected chi connectivity index (χ0v) is 18.5. The SMILES string of the molecule is CCN1CCN(c2ccc(NC(=O)CN(C)Cc3cccc(Cl)c3Cl)cc2)CC1. The Labute approximate surface area is 183 Å². The highest BCUT2D eigenvalue weighted by molar-refractivity contribution is 6.42. The Hall–Kier alpha value is -1.79. The van der Waals surface area contributed by atoms with Gasteiger partial charge in [-0.25, -0.2) is 0 Å². The van der Waals surface area contributed by atoms with Crippen LogP contribution in [0.25, 0.3) is 0 Å². The second kappa shape index (κ2) is 10.3. The van der Waals surface area contributed by atoms with Gasteiger partial charge in [-0.3, -0.25) is 9.69 Å². The van der Waals surface area contributed by atoms with Gasteiger partial charge in [-0.15, -0.1) is 0 Å². The van der Waals surface area contributed by atoms with E-state index in [9.17, 15) is 4.79 Å². The summed E-state index contributed by atoms with van der Waals surface area (Å²) < 4.78 is 0. The molecule has 0 bridgehead atoms. The normalized spacial score (nSPS) is 15.0. The lowest BCUT2D eigenvalue weighted by Crippen LogP contribution is -2.46. The molecule has 1 heterocycles. The quantitative estimate of drug-likeness (QED) is 0.708. The summed E-state index contributed by atoms with van der Waals surface area (Å²) in [4.78, 5) is 19.1. The zero-order valence-electron chi connectivity index (χ0n) is 17.0. The van der Waals surface area contributed by atoms with Gasteiger partial charge in [0.15, 0.2) is 0 Å². The molecular weight excluding hydrogens is 407 g/mol. The van der Waals surface area contributed by atoms with E-state index in [1.54, 1.807) is 6.07 Å². The third-order valence-electron chi connectivity index (χ3n) is 5.22. The Morgan fingerprint density at radius 1 is 1.07 bits per heavy atom. The highest BCUT2D eigenvalue weighted by Gasteiger charge is 2.16. The van der Waals surface area contributed by atoms with E-state index < -0.39 is 0 Å². The Kier molecular flexibility index (Phi) is 7.78. The molecule has 0 radical (unpaired) electrons. The summed E-state index contributed by atoms with van der Waals surface area (Å²) in [5.41, 5.74) is 2.91. The number of nitrogens with one attached hydrogen (secondary N) is 1. The molecule has 0 saturated carbocycles. The van der Waals surface area contributed by atoms with Gasteiger partial charge >= 0.3 is 0 Å². The molecule has 2 aromatic rings. The Morgan fingerprint density at radius 3 is 2.41 bits per heavy atom. The van der Waals surface area contributed by atoms with E-state index in [1.165, 1.54) is 5.69 Å².